The molecule has 0 aromatic rings. The monoisotopic (exact) mass is 170 g/mol. The Morgan fingerprint density at radius 3 is 2.92 bits per heavy atom. The van der Waals surface area contributed by atoms with Gasteiger partial charge in [0.05, 0.1) is 12.7 Å². The highest BCUT2D eigenvalue weighted by Gasteiger charge is 2.12. The molecule has 1 saturated heterocycles. The number of rotatable bonds is 2. The van der Waals surface area contributed by atoms with Crippen molar-refractivity contribution in [2.45, 2.75) is 32.8 Å². The summed E-state index contributed by atoms with van der Waals surface area (Å²) in [4.78, 5) is 0. The van der Waals surface area contributed by atoms with E-state index in [4.69, 9.17) is 4.74 Å². The summed E-state index contributed by atoms with van der Waals surface area (Å²) in [5.41, 5.74) is 1.06. The zero-order valence-electron chi connectivity index (χ0n) is 7.92. The molecule has 0 saturated carbocycles. The van der Waals surface area contributed by atoms with E-state index in [1.807, 2.05) is 6.92 Å². The summed E-state index contributed by atoms with van der Waals surface area (Å²) < 4.78 is 5.34. The van der Waals surface area contributed by atoms with Gasteiger partial charge in [0.15, 0.2) is 0 Å². The molecular weight excluding hydrogens is 152 g/mol. The van der Waals surface area contributed by atoms with Crippen molar-refractivity contribution in [2.75, 3.05) is 13.2 Å². The van der Waals surface area contributed by atoms with E-state index in [-0.39, 0.29) is 6.10 Å². The van der Waals surface area contributed by atoms with Crippen LogP contribution in [0.3, 0.4) is 0 Å². The molecule has 0 bridgehead atoms. The predicted octanol–water partition coefficient (Wildman–Crippen LogP) is 1.74. The second-order valence-electron chi connectivity index (χ2n) is 3.56. The van der Waals surface area contributed by atoms with Crippen molar-refractivity contribution in [1.29, 1.82) is 0 Å². The molecular formula is C10H18O2. The molecule has 0 aliphatic carbocycles. The summed E-state index contributed by atoms with van der Waals surface area (Å²) in [7, 11) is 0. The Morgan fingerprint density at radius 2 is 2.42 bits per heavy atom. The van der Waals surface area contributed by atoms with Crippen LogP contribution in [-0.2, 0) is 4.74 Å². The SMILES string of the molecule is CC(=CC1CCCOC1)C(C)O. The Hall–Kier alpha value is -0.340. The molecule has 1 aliphatic heterocycles. The van der Waals surface area contributed by atoms with Gasteiger partial charge in [0, 0.05) is 12.5 Å². The maximum absolute atomic E-state index is 9.24. The highest BCUT2D eigenvalue weighted by Crippen LogP contribution is 2.17. The molecule has 0 aromatic carbocycles. The molecule has 1 rings (SSSR count). The van der Waals surface area contributed by atoms with Gasteiger partial charge in [0.2, 0.25) is 0 Å². The van der Waals surface area contributed by atoms with E-state index in [0.29, 0.717) is 5.92 Å². The van der Waals surface area contributed by atoms with Crippen LogP contribution in [0.25, 0.3) is 0 Å². The molecule has 1 N–H and O–H groups in total. The third kappa shape index (κ3) is 2.95. The summed E-state index contributed by atoms with van der Waals surface area (Å²) in [6.07, 6.45) is 4.18. The Balaban J connectivity index is 2.41. The molecule has 2 unspecified atom stereocenters. The van der Waals surface area contributed by atoms with E-state index in [1.165, 1.54) is 6.42 Å². The molecule has 0 aromatic heterocycles. The maximum atomic E-state index is 9.24. The van der Waals surface area contributed by atoms with Crippen molar-refractivity contribution < 1.29 is 9.84 Å². The number of aliphatic hydroxyl groups is 1. The van der Waals surface area contributed by atoms with Gasteiger partial charge < -0.3 is 9.84 Å². The minimum atomic E-state index is -0.313. The Morgan fingerprint density at radius 1 is 1.67 bits per heavy atom. The van der Waals surface area contributed by atoms with E-state index in [0.717, 1.165) is 25.2 Å². The molecule has 2 nitrogen and oxygen atoms in total. The molecule has 0 amide bonds. The van der Waals surface area contributed by atoms with Crippen molar-refractivity contribution in [3.63, 3.8) is 0 Å². The van der Waals surface area contributed by atoms with Crippen LogP contribution in [0.4, 0.5) is 0 Å². The molecule has 12 heavy (non-hydrogen) atoms. The Kier molecular flexibility index (Phi) is 3.76. The fourth-order valence-corrected chi connectivity index (χ4v) is 1.41. The van der Waals surface area contributed by atoms with Crippen LogP contribution in [0.5, 0.6) is 0 Å². The van der Waals surface area contributed by atoms with Crippen molar-refractivity contribution >= 4 is 0 Å². The van der Waals surface area contributed by atoms with Crippen molar-refractivity contribution in [3.05, 3.63) is 11.6 Å². The van der Waals surface area contributed by atoms with Crippen molar-refractivity contribution in [3.8, 4) is 0 Å². The third-order valence-corrected chi connectivity index (χ3v) is 2.35. The van der Waals surface area contributed by atoms with Gasteiger partial charge in [0.1, 0.15) is 0 Å². The molecule has 0 spiro atoms. The van der Waals surface area contributed by atoms with Crippen molar-refractivity contribution in [1.82, 2.24) is 0 Å². The summed E-state index contributed by atoms with van der Waals surface area (Å²) in [5, 5.41) is 9.24. The number of aliphatic hydroxyl groups excluding tert-OH is 1. The number of hydrogen-bond donors (Lipinski definition) is 1. The van der Waals surface area contributed by atoms with Crippen LogP contribution in [0, 0.1) is 5.92 Å². The van der Waals surface area contributed by atoms with Gasteiger partial charge in [-0.1, -0.05) is 6.08 Å². The van der Waals surface area contributed by atoms with Crippen LogP contribution in [0.15, 0.2) is 11.6 Å². The fraction of sp³-hybridized carbons (Fsp3) is 0.800. The van der Waals surface area contributed by atoms with E-state index >= 15 is 0 Å². The second kappa shape index (κ2) is 4.63. The Bertz CT molecular complexity index is 155. The normalized spacial score (nSPS) is 28.6. The smallest absolute Gasteiger partial charge is 0.0719 e. The van der Waals surface area contributed by atoms with Crippen LogP contribution in [0.2, 0.25) is 0 Å². The van der Waals surface area contributed by atoms with Crippen LogP contribution < -0.4 is 0 Å². The highest BCUT2D eigenvalue weighted by atomic mass is 16.5. The molecule has 1 aliphatic rings. The first kappa shape index (κ1) is 9.75. The summed E-state index contributed by atoms with van der Waals surface area (Å²) in [6.45, 7) is 5.50. The number of ether oxygens (including phenoxy) is 1. The van der Waals surface area contributed by atoms with E-state index < -0.39 is 0 Å². The molecule has 1 heterocycles. The van der Waals surface area contributed by atoms with Gasteiger partial charge in [-0.3, -0.25) is 0 Å². The quantitative estimate of drug-likeness (QED) is 0.640. The first-order valence-corrected chi connectivity index (χ1v) is 4.64. The molecule has 0 radical (unpaired) electrons. The average Bonchev–Trinajstić information content (AvgIpc) is 2.06. The fourth-order valence-electron chi connectivity index (χ4n) is 1.41. The lowest BCUT2D eigenvalue weighted by Crippen LogP contribution is -2.16. The second-order valence-corrected chi connectivity index (χ2v) is 3.56. The lowest BCUT2D eigenvalue weighted by Gasteiger charge is -2.20. The van der Waals surface area contributed by atoms with Gasteiger partial charge in [-0.05, 0) is 32.3 Å². The third-order valence-electron chi connectivity index (χ3n) is 2.35. The topological polar surface area (TPSA) is 29.5 Å². The van der Waals surface area contributed by atoms with Crippen LogP contribution in [-0.4, -0.2) is 24.4 Å². The van der Waals surface area contributed by atoms with E-state index in [2.05, 4.69) is 6.08 Å². The average molecular weight is 170 g/mol. The lowest BCUT2D eigenvalue weighted by atomic mass is 9.98. The zero-order chi connectivity index (χ0) is 8.97. The summed E-state index contributed by atoms with van der Waals surface area (Å²) >= 11 is 0. The molecule has 70 valence electrons. The molecule has 2 atom stereocenters. The minimum Gasteiger partial charge on any atom is -0.389 e. The summed E-state index contributed by atoms with van der Waals surface area (Å²) in [5.74, 6) is 0.522. The minimum absolute atomic E-state index is 0.313. The number of hydrogen-bond acceptors (Lipinski definition) is 2. The maximum Gasteiger partial charge on any atom is 0.0719 e. The van der Waals surface area contributed by atoms with Crippen LogP contribution >= 0.6 is 0 Å². The van der Waals surface area contributed by atoms with Gasteiger partial charge in [-0.15, -0.1) is 0 Å². The first-order valence-electron chi connectivity index (χ1n) is 4.64. The predicted molar refractivity (Wildman–Crippen MR) is 49.0 cm³/mol. The van der Waals surface area contributed by atoms with Gasteiger partial charge in [0.25, 0.3) is 0 Å². The van der Waals surface area contributed by atoms with E-state index in [1.54, 1.807) is 6.92 Å². The molecule has 1 fully saturated rings. The van der Waals surface area contributed by atoms with Gasteiger partial charge in [-0.2, -0.15) is 0 Å². The standard InChI is InChI=1S/C10H18O2/c1-8(9(2)11)6-10-4-3-5-12-7-10/h6,9-11H,3-5,7H2,1-2H3. The summed E-state index contributed by atoms with van der Waals surface area (Å²) in [6, 6.07) is 0. The lowest BCUT2D eigenvalue weighted by molar-refractivity contribution is 0.0703. The van der Waals surface area contributed by atoms with Crippen LogP contribution in [0.1, 0.15) is 26.7 Å². The largest absolute Gasteiger partial charge is 0.389 e. The van der Waals surface area contributed by atoms with Gasteiger partial charge >= 0.3 is 0 Å². The van der Waals surface area contributed by atoms with E-state index in [9.17, 15) is 5.11 Å². The zero-order valence-corrected chi connectivity index (χ0v) is 7.92. The van der Waals surface area contributed by atoms with Crippen molar-refractivity contribution in [2.24, 2.45) is 5.92 Å². The van der Waals surface area contributed by atoms with Gasteiger partial charge in [-0.25, -0.2) is 0 Å². The molecule has 2 heteroatoms. The Labute approximate surface area is 74.2 Å². The first-order chi connectivity index (χ1) is 5.70. The highest BCUT2D eigenvalue weighted by molar-refractivity contribution is 5.05.